The number of hydrogen-bond donors (Lipinski definition) is 1. The summed E-state index contributed by atoms with van der Waals surface area (Å²) in [6.45, 7) is 3.73. The molecule has 0 saturated heterocycles. The number of ether oxygens (including phenoxy) is 1. The summed E-state index contributed by atoms with van der Waals surface area (Å²) in [6, 6.07) is 9.07. The molecular formula is C16H16ClNO4S. The number of esters is 1. The number of sulfonamides is 1. The van der Waals surface area contributed by atoms with Crippen molar-refractivity contribution in [3.63, 3.8) is 0 Å². The molecule has 0 aliphatic rings. The zero-order chi connectivity index (χ0) is 17.2. The van der Waals surface area contributed by atoms with E-state index in [0.717, 1.165) is 11.1 Å². The first-order valence-electron chi connectivity index (χ1n) is 6.72. The molecule has 122 valence electrons. The Hall–Kier alpha value is -2.05. The molecule has 2 aromatic carbocycles. The molecule has 0 fully saturated rings. The molecule has 1 N–H and O–H groups in total. The van der Waals surface area contributed by atoms with E-state index < -0.39 is 16.0 Å². The minimum absolute atomic E-state index is 0.118. The molecule has 2 rings (SSSR count). The lowest BCUT2D eigenvalue weighted by Gasteiger charge is -2.12. The van der Waals surface area contributed by atoms with Gasteiger partial charge < -0.3 is 4.74 Å². The van der Waals surface area contributed by atoms with Gasteiger partial charge in [-0.3, -0.25) is 4.72 Å². The van der Waals surface area contributed by atoms with Crippen molar-refractivity contribution in [2.24, 2.45) is 0 Å². The van der Waals surface area contributed by atoms with Crippen molar-refractivity contribution in [3.8, 4) is 0 Å². The lowest BCUT2D eigenvalue weighted by molar-refractivity contribution is 0.0601. The minimum Gasteiger partial charge on any atom is -0.465 e. The van der Waals surface area contributed by atoms with E-state index in [1.165, 1.54) is 31.4 Å². The van der Waals surface area contributed by atoms with Crippen LogP contribution < -0.4 is 4.72 Å². The smallest absolute Gasteiger partial charge is 0.337 e. The number of carbonyl (C=O) groups is 1. The topological polar surface area (TPSA) is 72.5 Å². The number of rotatable bonds is 4. The average molecular weight is 354 g/mol. The van der Waals surface area contributed by atoms with Crippen LogP contribution in [0.5, 0.6) is 0 Å². The summed E-state index contributed by atoms with van der Waals surface area (Å²) >= 11 is 6.02. The van der Waals surface area contributed by atoms with Crippen LogP contribution in [0.1, 0.15) is 21.5 Å². The Morgan fingerprint density at radius 2 is 1.78 bits per heavy atom. The molecule has 0 aliphatic heterocycles. The molecule has 0 spiro atoms. The monoisotopic (exact) mass is 353 g/mol. The van der Waals surface area contributed by atoms with Gasteiger partial charge in [-0.2, -0.15) is 0 Å². The van der Waals surface area contributed by atoms with Gasteiger partial charge in [0.25, 0.3) is 10.0 Å². The average Bonchev–Trinajstić information content (AvgIpc) is 2.51. The third kappa shape index (κ3) is 3.83. The van der Waals surface area contributed by atoms with E-state index in [0.29, 0.717) is 0 Å². The summed E-state index contributed by atoms with van der Waals surface area (Å²) in [5.74, 6) is -0.576. The number of benzene rings is 2. The second-order valence-corrected chi connectivity index (χ2v) is 7.13. The molecule has 0 bridgehead atoms. The molecule has 0 amide bonds. The highest BCUT2D eigenvalue weighted by Crippen LogP contribution is 2.26. The Bertz CT molecular complexity index is 862. The maximum atomic E-state index is 12.5. The van der Waals surface area contributed by atoms with Crippen molar-refractivity contribution in [2.45, 2.75) is 18.7 Å². The predicted molar refractivity (Wildman–Crippen MR) is 89.5 cm³/mol. The van der Waals surface area contributed by atoms with Gasteiger partial charge in [0.15, 0.2) is 0 Å². The van der Waals surface area contributed by atoms with Crippen molar-refractivity contribution in [1.82, 2.24) is 0 Å². The lowest BCUT2D eigenvalue weighted by Crippen LogP contribution is -2.14. The maximum Gasteiger partial charge on any atom is 0.337 e. The number of carbonyl (C=O) groups excluding carboxylic acids is 1. The van der Waals surface area contributed by atoms with Crippen molar-refractivity contribution in [1.29, 1.82) is 0 Å². The summed E-state index contributed by atoms with van der Waals surface area (Å²) in [6.07, 6.45) is 0. The fourth-order valence-electron chi connectivity index (χ4n) is 1.93. The highest BCUT2D eigenvalue weighted by molar-refractivity contribution is 7.92. The molecule has 0 aromatic heterocycles. The van der Waals surface area contributed by atoms with Crippen molar-refractivity contribution < 1.29 is 17.9 Å². The van der Waals surface area contributed by atoms with Crippen LogP contribution in [0, 0.1) is 13.8 Å². The summed E-state index contributed by atoms with van der Waals surface area (Å²) in [4.78, 5) is 11.7. The number of hydrogen-bond acceptors (Lipinski definition) is 4. The van der Waals surface area contributed by atoms with E-state index in [1.54, 1.807) is 12.1 Å². The van der Waals surface area contributed by atoms with Crippen LogP contribution in [-0.2, 0) is 14.8 Å². The van der Waals surface area contributed by atoms with Gasteiger partial charge in [-0.1, -0.05) is 17.7 Å². The normalized spacial score (nSPS) is 11.1. The van der Waals surface area contributed by atoms with Gasteiger partial charge in [-0.15, -0.1) is 0 Å². The molecule has 5 nitrogen and oxygen atoms in total. The second-order valence-electron chi connectivity index (χ2n) is 5.04. The predicted octanol–water partition coefficient (Wildman–Crippen LogP) is 3.54. The Balaban J connectivity index is 2.40. The van der Waals surface area contributed by atoms with Crippen LogP contribution >= 0.6 is 11.6 Å². The quantitative estimate of drug-likeness (QED) is 0.853. The minimum atomic E-state index is -3.81. The first-order chi connectivity index (χ1) is 10.7. The van der Waals surface area contributed by atoms with E-state index in [4.69, 9.17) is 11.6 Å². The number of methoxy groups -OCH3 is 1. The molecule has 0 saturated carbocycles. The van der Waals surface area contributed by atoms with Crippen LogP contribution in [0.3, 0.4) is 0 Å². The summed E-state index contributed by atoms with van der Waals surface area (Å²) in [7, 11) is -2.56. The molecule has 0 aliphatic carbocycles. The lowest BCUT2D eigenvalue weighted by atomic mass is 10.1. The molecule has 0 heterocycles. The molecule has 7 heteroatoms. The Kier molecular flexibility index (Phi) is 4.97. The summed E-state index contributed by atoms with van der Waals surface area (Å²) in [5, 5.41) is 0.185. The maximum absolute atomic E-state index is 12.5. The van der Waals surface area contributed by atoms with Crippen LogP contribution in [-0.4, -0.2) is 21.5 Å². The van der Waals surface area contributed by atoms with Crippen LogP contribution in [0.4, 0.5) is 5.69 Å². The first-order valence-corrected chi connectivity index (χ1v) is 8.58. The van der Waals surface area contributed by atoms with Gasteiger partial charge in [-0.05, 0) is 55.3 Å². The van der Waals surface area contributed by atoms with Gasteiger partial charge >= 0.3 is 5.97 Å². The second kappa shape index (κ2) is 6.60. The molecule has 0 radical (unpaired) electrons. The van der Waals surface area contributed by atoms with Crippen molar-refractivity contribution in [2.75, 3.05) is 11.8 Å². The van der Waals surface area contributed by atoms with Crippen LogP contribution in [0.15, 0.2) is 41.3 Å². The molecule has 0 unspecified atom stereocenters. The summed E-state index contributed by atoms with van der Waals surface area (Å²) in [5.41, 5.74) is 2.18. The third-order valence-corrected chi connectivity index (χ3v) is 5.11. The zero-order valence-corrected chi connectivity index (χ0v) is 14.5. The van der Waals surface area contributed by atoms with Crippen LogP contribution in [0.2, 0.25) is 5.02 Å². The number of aryl methyl sites for hydroxylation is 2. The Morgan fingerprint density at radius 3 is 2.39 bits per heavy atom. The highest BCUT2D eigenvalue weighted by atomic mass is 35.5. The Morgan fingerprint density at radius 1 is 1.09 bits per heavy atom. The van der Waals surface area contributed by atoms with E-state index in [-0.39, 0.29) is 21.2 Å². The van der Waals surface area contributed by atoms with Gasteiger partial charge in [0.1, 0.15) is 0 Å². The fraction of sp³-hybridized carbons (Fsp3) is 0.188. The van der Waals surface area contributed by atoms with E-state index in [1.807, 2.05) is 13.8 Å². The van der Waals surface area contributed by atoms with Gasteiger partial charge in [-0.25, -0.2) is 13.2 Å². The van der Waals surface area contributed by atoms with Gasteiger partial charge in [0.05, 0.1) is 28.3 Å². The van der Waals surface area contributed by atoms with Gasteiger partial charge in [0, 0.05) is 0 Å². The zero-order valence-electron chi connectivity index (χ0n) is 12.9. The van der Waals surface area contributed by atoms with E-state index >= 15 is 0 Å². The molecule has 23 heavy (non-hydrogen) atoms. The standard InChI is InChI=1S/C16H16ClNO4S/c1-10-4-6-13(8-11(10)2)23(20,21)18-15-9-12(16(19)22-3)5-7-14(15)17/h4-9,18H,1-3H3. The van der Waals surface area contributed by atoms with Crippen LogP contribution in [0.25, 0.3) is 0 Å². The molecule has 0 atom stereocenters. The molecule has 2 aromatic rings. The van der Waals surface area contributed by atoms with Crippen molar-refractivity contribution in [3.05, 3.63) is 58.1 Å². The number of halogens is 1. The Labute approximate surface area is 140 Å². The van der Waals surface area contributed by atoms with Crippen molar-refractivity contribution >= 4 is 33.3 Å². The van der Waals surface area contributed by atoms with Gasteiger partial charge in [0.2, 0.25) is 0 Å². The largest absolute Gasteiger partial charge is 0.465 e. The summed E-state index contributed by atoms with van der Waals surface area (Å²) < 4.78 is 32.0. The SMILES string of the molecule is COC(=O)c1ccc(Cl)c(NS(=O)(=O)c2ccc(C)c(C)c2)c1. The van der Waals surface area contributed by atoms with E-state index in [2.05, 4.69) is 9.46 Å². The third-order valence-electron chi connectivity index (χ3n) is 3.42. The number of nitrogens with one attached hydrogen (secondary N) is 1. The first kappa shape index (κ1) is 17.3. The highest BCUT2D eigenvalue weighted by Gasteiger charge is 2.18. The number of anilines is 1. The fourth-order valence-corrected chi connectivity index (χ4v) is 3.31. The van der Waals surface area contributed by atoms with E-state index in [9.17, 15) is 13.2 Å². The molecular weight excluding hydrogens is 338 g/mol.